The van der Waals surface area contributed by atoms with Gasteiger partial charge in [-0.25, -0.2) is 0 Å². The van der Waals surface area contributed by atoms with Crippen molar-refractivity contribution in [3.8, 4) is 5.75 Å². The summed E-state index contributed by atoms with van der Waals surface area (Å²) in [6.07, 6.45) is 3.95. The number of likely N-dealkylation sites (N-methyl/N-ethyl adjacent to an activating group) is 1. The van der Waals surface area contributed by atoms with Crippen LogP contribution in [0.4, 0.5) is 0 Å². The van der Waals surface area contributed by atoms with Gasteiger partial charge in [0.2, 0.25) is 5.91 Å². The van der Waals surface area contributed by atoms with Crippen LogP contribution in [0.25, 0.3) is 0 Å². The summed E-state index contributed by atoms with van der Waals surface area (Å²) in [6.45, 7) is 2.15. The highest BCUT2D eigenvalue weighted by Crippen LogP contribution is 2.17. The molecule has 21 heavy (non-hydrogen) atoms. The maximum atomic E-state index is 12.0. The van der Waals surface area contributed by atoms with Gasteiger partial charge < -0.3 is 15.0 Å². The molecule has 0 aromatic heterocycles. The van der Waals surface area contributed by atoms with Crippen LogP contribution < -0.4 is 10.1 Å². The Morgan fingerprint density at radius 2 is 2.38 bits per heavy atom. The number of hydrogen-bond acceptors (Lipinski definition) is 3. The van der Waals surface area contributed by atoms with E-state index in [0.29, 0.717) is 30.6 Å². The summed E-state index contributed by atoms with van der Waals surface area (Å²) in [5, 5.41) is 4.07. The van der Waals surface area contributed by atoms with Gasteiger partial charge in [-0.1, -0.05) is 17.7 Å². The van der Waals surface area contributed by atoms with Crippen molar-refractivity contribution in [2.75, 3.05) is 26.7 Å². The Morgan fingerprint density at radius 1 is 1.52 bits per heavy atom. The average Bonchev–Trinajstić information content (AvgIpc) is 2.98. The Morgan fingerprint density at radius 3 is 3.10 bits per heavy atom. The molecule has 0 saturated carbocycles. The summed E-state index contributed by atoms with van der Waals surface area (Å²) < 4.78 is 5.59. The lowest BCUT2D eigenvalue weighted by molar-refractivity contribution is -0.130. The average molecular weight is 311 g/mol. The lowest BCUT2D eigenvalue weighted by atomic mass is 10.1. The summed E-state index contributed by atoms with van der Waals surface area (Å²) in [6, 6.07) is 7.81. The van der Waals surface area contributed by atoms with Crippen LogP contribution in [0.3, 0.4) is 0 Å². The van der Waals surface area contributed by atoms with Crippen molar-refractivity contribution in [3.63, 3.8) is 0 Å². The van der Waals surface area contributed by atoms with Gasteiger partial charge in [-0.2, -0.15) is 0 Å². The second-order valence-electron chi connectivity index (χ2n) is 5.45. The van der Waals surface area contributed by atoms with E-state index >= 15 is 0 Å². The van der Waals surface area contributed by atoms with Crippen molar-refractivity contribution in [2.45, 2.75) is 31.7 Å². The second kappa shape index (κ2) is 8.25. The molecular formula is C16H23ClN2O2. The SMILES string of the molecule is CN(CCOc1cccc(Cl)c1)C(=O)CCC1CCCN1. The van der Waals surface area contributed by atoms with E-state index in [-0.39, 0.29) is 5.91 Å². The zero-order valence-corrected chi connectivity index (χ0v) is 13.2. The Kier molecular flexibility index (Phi) is 6.33. The minimum atomic E-state index is 0.179. The van der Waals surface area contributed by atoms with Gasteiger partial charge in [0.05, 0.1) is 6.54 Å². The number of halogens is 1. The van der Waals surface area contributed by atoms with Crippen LogP contribution in [0.5, 0.6) is 5.75 Å². The number of carbonyl (C=O) groups excluding carboxylic acids is 1. The molecule has 116 valence electrons. The normalized spacial score (nSPS) is 17.7. The van der Waals surface area contributed by atoms with E-state index in [9.17, 15) is 4.79 Å². The quantitative estimate of drug-likeness (QED) is 0.842. The Labute approximate surface area is 131 Å². The van der Waals surface area contributed by atoms with Crippen LogP contribution in [-0.2, 0) is 4.79 Å². The summed E-state index contributed by atoms with van der Waals surface area (Å²) >= 11 is 5.89. The van der Waals surface area contributed by atoms with Crippen molar-refractivity contribution in [2.24, 2.45) is 0 Å². The third-order valence-electron chi connectivity index (χ3n) is 3.79. The fraction of sp³-hybridized carbons (Fsp3) is 0.562. The highest BCUT2D eigenvalue weighted by molar-refractivity contribution is 6.30. The van der Waals surface area contributed by atoms with Gasteiger partial charge in [-0.15, -0.1) is 0 Å². The first-order chi connectivity index (χ1) is 10.1. The number of nitrogens with one attached hydrogen (secondary N) is 1. The lowest BCUT2D eigenvalue weighted by Crippen LogP contribution is -2.32. The monoisotopic (exact) mass is 310 g/mol. The van der Waals surface area contributed by atoms with E-state index in [2.05, 4.69) is 5.32 Å². The van der Waals surface area contributed by atoms with E-state index in [0.717, 1.165) is 18.7 Å². The number of benzene rings is 1. The Hall–Kier alpha value is -1.26. The van der Waals surface area contributed by atoms with Gasteiger partial charge in [0.15, 0.2) is 0 Å². The van der Waals surface area contributed by atoms with Crippen molar-refractivity contribution in [1.82, 2.24) is 10.2 Å². The minimum Gasteiger partial charge on any atom is -0.492 e. The van der Waals surface area contributed by atoms with Crippen LogP contribution >= 0.6 is 11.6 Å². The molecule has 0 bridgehead atoms. The zero-order valence-electron chi connectivity index (χ0n) is 12.5. The number of rotatable bonds is 7. The topological polar surface area (TPSA) is 41.6 Å². The summed E-state index contributed by atoms with van der Waals surface area (Å²) in [4.78, 5) is 13.8. The molecule has 0 aliphatic carbocycles. The summed E-state index contributed by atoms with van der Waals surface area (Å²) in [7, 11) is 1.83. The van der Waals surface area contributed by atoms with Crippen molar-refractivity contribution in [3.05, 3.63) is 29.3 Å². The molecule has 0 radical (unpaired) electrons. The van der Waals surface area contributed by atoms with E-state index in [4.69, 9.17) is 16.3 Å². The van der Waals surface area contributed by atoms with Crippen molar-refractivity contribution < 1.29 is 9.53 Å². The Balaban J connectivity index is 1.63. The van der Waals surface area contributed by atoms with Gasteiger partial charge in [-0.05, 0) is 44.0 Å². The summed E-state index contributed by atoms with van der Waals surface area (Å²) in [5.41, 5.74) is 0. The molecule has 1 saturated heterocycles. The molecule has 5 heteroatoms. The molecule has 0 spiro atoms. The molecule has 1 aromatic rings. The maximum Gasteiger partial charge on any atom is 0.222 e. The largest absolute Gasteiger partial charge is 0.492 e. The van der Waals surface area contributed by atoms with Gasteiger partial charge in [0, 0.05) is 24.5 Å². The van der Waals surface area contributed by atoms with Gasteiger partial charge >= 0.3 is 0 Å². The molecule has 1 unspecified atom stereocenters. The first-order valence-electron chi connectivity index (χ1n) is 7.51. The summed E-state index contributed by atoms with van der Waals surface area (Å²) in [5.74, 6) is 0.914. The number of ether oxygens (including phenoxy) is 1. The standard InChI is InChI=1S/C16H23ClN2O2/c1-19(16(20)8-7-14-5-3-9-18-14)10-11-21-15-6-2-4-13(17)12-15/h2,4,6,12,14,18H,3,5,7-11H2,1H3. The van der Waals surface area contributed by atoms with Crippen LogP contribution in [-0.4, -0.2) is 43.6 Å². The molecule has 1 aromatic carbocycles. The van der Waals surface area contributed by atoms with Gasteiger partial charge in [-0.3, -0.25) is 4.79 Å². The second-order valence-corrected chi connectivity index (χ2v) is 5.89. The van der Waals surface area contributed by atoms with Crippen LogP contribution in [0, 0.1) is 0 Å². The highest BCUT2D eigenvalue weighted by Gasteiger charge is 2.16. The van der Waals surface area contributed by atoms with E-state index < -0.39 is 0 Å². The van der Waals surface area contributed by atoms with Crippen LogP contribution in [0.1, 0.15) is 25.7 Å². The minimum absolute atomic E-state index is 0.179. The van der Waals surface area contributed by atoms with E-state index in [1.54, 1.807) is 17.0 Å². The van der Waals surface area contributed by atoms with Crippen LogP contribution in [0.15, 0.2) is 24.3 Å². The first-order valence-corrected chi connectivity index (χ1v) is 7.88. The highest BCUT2D eigenvalue weighted by atomic mass is 35.5. The fourth-order valence-corrected chi connectivity index (χ4v) is 2.65. The lowest BCUT2D eigenvalue weighted by Gasteiger charge is -2.18. The molecule has 2 rings (SSSR count). The molecule has 1 heterocycles. The van der Waals surface area contributed by atoms with Crippen LogP contribution in [0.2, 0.25) is 5.02 Å². The number of amides is 1. The fourth-order valence-electron chi connectivity index (χ4n) is 2.47. The third-order valence-corrected chi connectivity index (χ3v) is 4.02. The number of nitrogens with zero attached hydrogens (tertiary/aromatic N) is 1. The molecule has 1 aliphatic rings. The predicted octanol–water partition coefficient (Wildman–Crippen LogP) is 2.71. The number of hydrogen-bond donors (Lipinski definition) is 1. The molecular weight excluding hydrogens is 288 g/mol. The van der Waals surface area contributed by atoms with Crippen molar-refractivity contribution >= 4 is 17.5 Å². The molecule has 4 nitrogen and oxygen atoms in total. The third kappa shape index (κ3) is 5.56. The molecule has 1 aliphatic heterocycles. The predicted molar refractivity (Wildman–Crippen MR) is 84.8 cm³/mol. The molecule has 1 fully saturated rings. The molecule has 1 N–H and O–H groups in total. The van der Waals surface area contributed by atoms with E-state index in [1.165, 1.54) is 12.8 Å². The first kappa shape index (κ1) is 16.1. The molecule has 1 amide bonds. The van der Waals surface area contributed by atoms with E-state index in [1.807, 2.05) is 19.2 Å². The maximum absolute atomic E-state index is 12.0. The van der Waals surface area contributed by atoms with Crippen molar-refractivity contribution in [1.29, 1.82) is 0 Å². The zero-order chi connectivity index (χ0) is 15.1. The van der Waals surface area contributed by atoms with Gasteiger partial charge in [0.25, 0.3) is 0 Å². The molecule has 1 atom stereocenters. The van der Waals surface area contributed by atoms with Gasteiger partial charge in [0.1, 0.15) is 12.4 Å². The number of carbonyl (C=O) groups is 1. The Bertz CT molecular complexity index is 461. The smallest absolute Gasteiger partial charge is 0.222 e.